The maximum atomic E-state index is 12.5. The lowest BCUT2D eigenvalue weighted by molar-refractivity contribution is 0.0988. The van der Waals surface area contributed by atoms with Crippen LogP contribution in [0.1, 0.15) is 34.6 Å². The lowest BCUT2D eigenvalue weighted by Crippen LogP contribution is -2.27. The first kappa shape index (κ1) is 16.1. The summed E-state index contributed by atoms with van der Waals surface area (Å²) in [6, 6.07) is 13.9. The van der Waals surface area contributed by atoms with Gasteiger partial charge in [-0.05, 0) is 26.0 Å². The molecule has 0 aliphatic rings. The Morgan fingerprint density at radius 1 is 0.864 bits per heavy atom. The molecule has 22 heavy (non-hydrogen) atoms. The Balaban J connectivity index is 2.33. The first-order valence-electron chi connectivity index (χ1n) is 6.78. The molecule has 0 spiro atoms. The lowest BCUT2D eigenvalue weighted by atomic mass is 10.1. The van der Waals surface area contributed by atoms with Crippen molar-refractivity contribution < 1.29 is 18.0 Å². The SMILES string of the molecule is CC(=O)c1ccc(S(=O)(=O)C(C)C(=O)c2ccccc2)cc1. The first-order valence-corrected chi connectivity index (χ1v) is 8.33. The van der Waals surface area contributed by atoms with Crippen molar-refractivity contribution in [3.63, 3.8) is 0 Å². The van der Waals surface area contributed by atoms with Gasteiger partial charge in [0, 0.05) is 11.1 Å². The molecule has 0 aliphatic heterocycles. The van der Waals surface area contributed by atoms with Gasteiger partial charge in [0.05, 0.1) is 4.90 Å². The van der Waals surface area contributed by atoms with Gasteiger partial charge in [0.2, 0.25) is 0 Å². The molecule has 0 N–H and O–H groups in total. The highest BCUT2D eigenvalue weighted by Gasteiger charge is 2.30. The van der Waals surface area contributed by atoms with Crippen molar-refractivity contribution >= 4 is 21.4 Å². The second-order valence-electron chi connectivity index (χ2n) is 5.00. The largest absolute Gasteiger partial charge is 0.295 e. The molecular weight excluding hydrogens is 300 g/mol. The number of benzene rings is 2. The van der Waals surface area contributed by atoms with Gasteiger partial charge in [0.25, 0.3) is 0 Å². The van der Waals surface area contributed by atoms with E-state index in [1.807, 2.05) is 0 Å². The lowest BCUT2D eigenvalue weighted by Gasteiger charge is -2.12. The molecule has 1 atom stereocenters. The van der Waals surface area contributed by atoms with Crippen LogP contribution < -0.4 is 0 Å². The van der Waals surface area contributed by atoms with E-state index in [0.29, 0.717) is 11.1 Å². The van der Waals surface area contributed by atoms with Gasteiger partial charge in [-0.2, -0.15) is 0 Å². The molecule has 114 valence electrons. The molecule has 2 rings (SSSR count). The van der Waals surface area contributed by atoms with E-state index in [1.165, 1.54) is 38.1 Å². The second kappa shape index (κ2) is 6.23. The van der Waals surface area contributed by atoms with E-state index in [4.69, 9.17) is 0 Å². The molecule has 0 aromatic heterocycles. The molecule has 4 nitrogen and oxygen atoms in total. The Labute approximate surface area is 129 Å². The summed E-state index contributed by atoms with van der Waals surface area (Å²) in [5.74, 6) is -0.589. The van der Waals surface area contributed by atoms with Gasteiger partial charge >= 0.3 is 0 Å². The minimum absolute atomic E-state index is 0.0364. The highest BCUT2D eigenvalue weighted by molar-refractivity contribution is 7.92. The third-order valence-electron chi connectivity index (χ3n) is 3.48. The Hall–Kier alpha value is -2.27. The van der Waals surface area contributed by atoms with Crippen LogP contribution in [-0.4, -0.2) is 25.2 Å². The molecule has 2 aromatic carbocycles. The molecule has 0 heterocycles. The maximum absolute atomic E-state index is 12.5. The van der Waals surface area contributed by atoms with Crippen LogP contribution in [0.15, 0.2) is 59.5 Å². The first-order chi connectivity index (χ1) is 10.3. The summed E-state index contributed by atoms with van der Waals surface area (Å²) >= 11 is 0. The van der Waals surface area contributed by atoms with E-state index in [1.54, 1.807) is 30.3 Å². The Morgan fingerprint density at radius 2 is 1.41 bits per heavy atom. The monoisotopic (exact) mass is 316 g/mol. The predicted octanol–water partition coefficient (Wildman–Crippen LogP) is 2.93. The van der Waals surface area contributed by atoms with Crippen LogP contribution in [0.5, 0.6) is 0 Å². The summed E-state index contributed by atoms with van der Waals surface area (Å²) in [4.78, 5) is 23.6. The van der Waals surface area contributed by atoms with E-state index >= 15 is 0 Å². The van der Waals surface area contributed by atoms with Crippen LogP contribution >= 0.6 is 0 Å². The molecule has 0 bridgehead atoms. The third kappa shape index (κ3) is 3.14. The van der Waals surface area contributed by atoms with E-state index in [9.17, 15) is 18.0 Å². The van der Waals surface area contributed by atoms with Gasteiger partial charge in [0.1, 0.15) is 5.25 Å². The normalized spacial score (nSPS) is 12.6. The maximum Gasteiger partial charge on any atom is 0.188 e. The van der Waals surface area contributed by atoms with Crippen molar-refractivity contribution in [2.24, 2.45) is 0 Å². The average Bonchev–Trinajstić information content (AvgIpc) is 2.54. The fraction of sp³-hybridized carbons (Fsp3) is 0.176. The summed E-state index contributed by atoms with van der Waals surface area (Å²) in [5.41, 5.74) is 0.792. The third-order valence-corrected chi connectivity index (χ3v) is 5.56. The van der Waals surface area contributed by atoms with Crippen LogP contribution in [0.4, 0.5) is 0 Å². The number of carbonyl (C=O) groups is 2. The Bertz CT molecular complexity index is 790. The molecule has 1 unspecified atom stereocenters. The zero-order chi connectivity index (χ0) is 16.3. The fourth-order valence-corrected chi connectivity index (χ4v) is 3.40. The number of Topliss-reactive ketones (excluding diaryl/α,β-unsaturated/α-hetero) is 2. The summed E-state index contributed by atoms with van der Waals surface area (Å²) < 4.78 is 25.0. The summed E-state index contributed by atoms with van der Waals surface area (Å²) in [7, 11) is -3.79. The van der Waals surface area contributed by atoms with Crippen molar-refractivity contribution in [1.29, 1.82) is 0 Å². The molecule has 2 aromatic rings. The van der Waals surface area contributed by atoms with Crippen LogP contribution in [0.3, 0.4) is 0 Å². The standard InChI is InChI=1S/C17H16O4S/c1-12(18)14-8-10-16(11-9-14)22(20,21)13(2)17(19)15-6-4-3-5-7-15/h3-11,13H,1-2H3. The van der Waals surface area contributed by atoms with E-state index in [0.717, 1.165) is 0 Å². The van der Waals surface area contributed by atoms with E-state index < -0.39 is 20.9 Å². The Morgan fingerprint density at radius 3 is 1.91 bits per heavy atom. The molecule has 0 saturated heterocycles. The summed E-state index contributed by atoms with van der Waals surface area (Å²) in [5, 5.41) is -1.18. The predicted molar refractivity (Wildman–Crippen MR) is 83.9 cm³/mol. The average molecular weight is 316 g/mol. The molecule has 0 fully saturated rings. The number of rotatable bonds is 5. The highest BCUT2D eigenvalue weighted by atomic mass is 32.2. The smallest absolute Gasteiger partial charge is 0.188 e. The molecule has 0 radical (unpaired) electrons. The number of sulfone groups is 1. The quantitative estimate of drug-likeness (QED) is 0.795. The highest BCUT2D eigenvalue weighted by Crippen LogP contribution is 2.20. The number of hydrogen-bond donors (Lipinski definition) is 0. The van der Waals surface area contributed by atoms with Gasteiger partial charge < -0.3 is 0 Å². The van der Waals surface area contributed by atoms with Crippen LogP contribution in [0.2, 0.25) is 0 Å². The number of carbonyl (C=O) groups excluding carboxylic acids is 2. The Kier molecular flexibility index (Phi) is 4.56. The number of hydrogen-bond acceptors (Lipinski definition) is 4. The van der Waals surface area contributed by atoms with Gasteiger partial charge in [0.15, 0.2) is 21.4 Å². The minimum Gasteiger partial charge on any atom is -0.295 e. The van der Waals surface area contributed by atoms with Crippen molar-refractivity contribution in [1.82, 2.24) is 0 Å². The molecular formula is C17H16O4S. The van der Waals surface area contributed by atoms with Crippen LogP contribution in [0.25, 0.3) is 0 Å². The van der Waals surface area contributed by atoms with Crippen LogP contribution in [0, 0.1) is 0 Å². The van der Waals surface area contributed by atoms with Gasteiger partial charge in [-0.15, -0.1) is 0 Å². The van der Waals surface area contributed by atoms with Gasteiger partial charge in [-0.1, -0.05) is 42.5 Å². The summed E-state index contributed by atoms with van der Waals surface area (Å²) in [6.07, 6.45) is 0. The zero-order valence-electron chi connectivity index (χ0n) is 12.3. The van der Waals surface area contributed by atoms with E-state index in [2.05, 4.69) is 0 Å². The molecule has 0 aliphatic carbocycles. The molecule has 5 heteroatoms. The van der Waals surface area contributed by atoms with Crippen molar-refractivity contribution in [2.75, 3.05) is 0 Å². The second-order valence-corrected chi connectivity index (χ2v) is 7.27. The summed E-state index contributed by atoms with van der Waals surface area (Å²) in [6.45, 7) is 2.79. The topological polar surface area (TPSA) is 68.3 Å². The van der Waals surface area contributed by atoms with Crippen molar-refractivity contribution in [2.45, 2.75) is 24.0 Å². The minimum atomic E-state index is -3.79. The van der Waals surface area contributed by atoms with Crippen molar-refractivity contribution in [3.05, 3.63) is 65.7 Å². The fourth-order valence-electron chi connectivity index (χ4n) is 2.06. The van der Waals surface area contributed by atoms with E-state index in [-0.39, 0.29) is 10.7 Å². The zero-order valence-corrected chi connectivity index (χ0v) is 13.1. The number of ketones is 2. The van der Waals surface area contributed by atoms with Gasteiger partial charge in [-0.3, -0.25) is 9.59 Å². The molecule has 0 amide bonds. The van der Waals surface area contributed by atoms with Crippen LogP contribution in [-0.2, 0) is 9.84 Å². The molecule has 0 saturated carbocycles. The van der Waals surface area contributed by atoms with Crippen molar-refractivity contribution in [3.8, 4) is 0 Å². The van der Waals surface area contributed by atoms with Gasteiger partial charge in [-0.25, -0.2) is 8.42 Å².